The van der Waals surface area contributed by atoms with Gasteiger partial charge in [0.05, 0.1) is 19.3 Å². The predicted molar refractivity (Wildman–Crippen MR) is 104 cm³/mol. The van der Waals surface area contributed by atoms with Crippen LogP contribution in [0.15, 0.2) is 54.7 Å². The van der Waals surface area contributed by atoms with E-state index in [-0.39, 0.29) is 0 Å². The van der Waals surface area contributed by atoms with Gasteiger partial charge in [0.2, 0.25) is 0 Å². The summed E-state index contributed by atoms with van der Waals surface area (Å²) in [5, 5.41) is 6.66. The van der Waals surface area contributed by atoms with Crippen molar-refractivity contribution in [1.29, 1.82) is 0 Å². The molecule has 0 aliphatic rings. The van der Waals surface area contributed by atoms with Crippen LogP contribution < -0.4 is 15.4 Å². The minimum absolute atomic E-state index is 0.626. The number of methoxy groups -OCH3 is 1. The molecule has 6 nitrogen and oxygen atoms in total. The number of pyridine rings is 1. The van der Waals surface area contributed by atoms with Gasteiger partial charge in [-0.25, -0.2) is 9.97 Å². The van der Waals surface area contributed by atoms with Crippen molar-refractivity contribution >= 4 is 11.6 Å². The number of hydrogen-bond acceptors (Lipinski definition) is 6. The lowest BCUT2D eigenvalue weighted by Crippen LogP contribution is -2.10. The van der Waals surface area contributed by atoms with Crippen LogP contribution in [0.5, 0.6) is 5.75 Å². The van der Waals surface area contributed by atoms with Gasteiger partial charge < -0.3 is 15.4 Å². The quantitative estimate of drug-likeness (QED) is 0.649. The molecule has 134 valence electrons. The van der Waals surface area contributed by atoms with Gasteiger partial charge >= 0.3 is 0 Å². The van der Waals surface area contributed by atoms with Crippen molar-refractivity contribution in [2.24, 2.45) is 0 Å². The van der Waals surface area contributed by atoms with E-state index in [0.29, 0.717) is 6.54 Å². The summed E-state index contributed by atoms with van der Waals surface area (Å²) >= 11 is 0. The number of ether oxygens (including phenoxy) is 1. The molecule has 3 aromatic rings. The van der Waals surface area contributed by atoms with Crippen LogP contribution in [0.1, 0.15) is 17.1 Å². The normalized spacial score (nSPS) is 10.4. The van der Waals surface area contributed by atoms with E-state index < -0.39 is 0 Å². The highest BCUT2D eigenvalue weighted by atomic mass is 16.5. The molecule has 0 spiro atoms. The third kappa shape index (κ3) is 5.17. The summed E-state index contributed by atoms with van der Waals surface area (Å²) in [7, 11) is 1.68. The third-order valence-electron chi connectivity index (χ3n) is 3.87. The Morgan fingerprint density at radius 1 is 0.962 bits per heavy atom. The Morgan fingerprint density at radius 3 is 2.58 bits per heavy atom. The molecule has 0 aliphatic carbocycles. The lowest BCUT2D eigenvalue weighted by Gasteiger charge is -2.10. The smallest absolute Gasteiger partial charge is 0.132 e. The largest absolute Gasteiger partial charge is 0.497 e. The van der Waals surface area contributed by atoms with E-state index in [0.717, 1.165) is 41.9 Å². The maximum Gasteiger partial charge on any atom is 0.132 e. The van der Waals surface area contributed by atoms with Crippen LogP contribution in [0, 0.1) is 6.92 Å². The first-order chi connectivity index (χ1) is 12.7. The summed E-state index contributed by atoms with van der Waals surface area (Å²) in [6.45, 7) is 3.29. The molecule has 0 radical (unpaired) electrons. The lowest BCUT2D eigenvalue weighted by molar-refractivity contribution is 0.414. The van der Waals surface area contributed by atoms with Gasteiger partial charge in [0.1, 0.15) is 23.2 Å². The van der Waals surface area contributed by atoms with E-state index >= 15 is 0 Å². The van der Waals surface area contributed by atoms with Crippen LogP contribution in [0.4, 0.5) is 11.6 Å². The summed E-state index contributed by atoms with van der Waals surface area (Å²) in [6.07, 6.45) is 2.67. The van der Waals surface area contributed by atoms with Crippen LogP contribution in [-0.4, -0.2) is 28.6 Å². The standard InChI is InChI=1S/C20H23N5O/c1-15-24-19(22-11-9-16-6-5-8-18(12-16)26-2)13-20(25-15)23-14-17-7-3-4-10-21-17/h3-8,10,12-13H,9,11,14H2,1-2H3,(H2,22,23,24,25). The monoisotopic (exact) mass is 349 g/mol. The molecule has 0 bridgehead atoms. The second-order valence-corrected chi connectivity index (χ2v) is 5.89. The van der Waals surface area contributed by atoms with E-state index in [4.69, 9.17) is 4.74 Å². The third-order valence-corrected chi connectivity index (χ3v) is 3.87. The molecular formula is C20H23N5O. The van der Waals surface area contributed by atoms with Crippen molar-refractivity contribution in [2.75, 3.05) is 24.3 Å². The molecule has 26 heavy (non-hydrogen) atoms. The summed E-state index contributed by atoms with van der Waals surface area (Å²) in [5.74, 6) is 3.19. The maximum atomic E-state index is 5.26. The van der Waals surface area contributed by atoms with Crippen LogP contribution in [-0.2, 0) is 13.0 Å². The highest BCUT2D eigenvalue weighted by Crippen LogP contribution is 2.15. The number of rotatable bonds is 8. The highest BCUT2D eigenvalue weighted by molar-refractivity contribution is 5.47. The van der Waals surface area contributed by atoms with E-state index in [1.807, 2.05) is 49.4 Å². The van der Waals surface area contributed by atoms with E-state index in [9.17, 15) is 0 Å². The Hall–Kier alpha value is -3.15. The zero-order valence-electron chi connectivity index (χ0n) is 15.1. The Kier molecular flexibility index (Phi) is 5.98. The summed E-state index contributed by atoms with van der Waals surface area (Å²) in [5.41, 5.74) is 2.19. The fourth-order valence-electron chi connectivity index (χ4n) is 2.60. The summed E-state index contributed by atoms with van der Waals surface area (Å²) in [6, 6.07) is 15.9. The van der Waals surface area contributed by atoms with Gasteiger partial charge in [0.25, 0.3) is 0 Å². The molecule has 1 aromatic carbocycles. The van der Waals surface area contributed by atoms with Crippen molar-refractivity contribution < 1.29 is 4.74 Å². The van der Waals surface area contributed by atoms with E-state index in [1.165, 1.54) is 5.56 Å². The zero-order valence-corrected chi connectivity index (χ0v) is 15.1. The molecule has 0 atom stereocenters. The SMILES string of the molecule is COc1cccc(CCNc2cc(NCc3ccccn3)nc(C)n2)c1. The number of aryl methyl sites for hydroxylation is 1. The molecule has 0 fully saturated rings. The second-order valence-electron chi connectivity index (χ2n) is 5.89. The topological polar surface area (TPSA) is 72.0 Å². The first-order valence-corrected chi connectivity index (χ1v) is 8.59. The number of nitrogens with zero attached hydrogens (tertiary/aromatic N) is 3. The number of hydrogen-bond donors (Lipinski definition) is 2. The number of nitrogens with one attached hydrogen (secondary N) is 2. The van der Waals surface area contributed by atoms with E-state index in [1.54, 1.807) is 13.3 Å². The molecule has 3 rings (SSSR count). The van der Waals surface area contributed by atoms with Gasteiger partial charge in [0.15, 0.2) is 0 Å². The molecule has 2 N–H and O–H groups in total. The first-order valence-electron chi connectivity index (χ1n) is 8.59. The van der Waals surface area contributed by atoms with Gasteiger partial charge in [-0.1, -0.05) is 18.2 Å². The number of benzene rings is 1. The van der Waals surface area contributed by atoms with Crippen molar-refractivity contribution in [3.63, 3.8) is 0 Å². The maximum absolute atomic E-state index is 5.26. The van der Waals surface area contributed by atoms with Crippen molar-refractivity contribution in [3.8, 4) is 5.75 Å². The zero-order chi connectivity index (χ0) is 18.2. The van der Waals surface area contributed by atoms with Crippen LogP contribution >= 0.6 is 0 Å². The average Bonchev–Trinajstić information content (AvgIpc) is 2.67. The van der Waals surface area contributed by atoms with Gasteiger partial charge in [-0.15, -0.1) is 0 Å². The Labute approximate surface area is 153 Å². The Morgan fingerprint density at radius 2 is 1.81 bits per heavy atom. The first kappa shape index (κ1) is 17.7. The average molecular weight is 349 g/mol. The van der Waals surface area contributed by atoms with Crippen molar-refractivity contribution in [3.05, 3.63) is 71.8 Å². The van der Waals surface area contributed by atoms with Crippen LogP contribution in [0.2, 0.25) is 0 Å². The molecule has 0 saturated carbocycles. The molecule has 0 saturated heterocycles. The van der Waals surface area contributed by atoms with E-state index in [2.05, 4.69) is 31.7 Å². The molecule has 0 aliphatic heterocycles. The Bertz CT molecular complexity index is 839. The molecule has 2 heterocycles. The minimum atomic E-state index is 0.626. The van der Waals surface area contributed by atoms with Gasteiger partial charge in [-0.05, 0) is 43.2 Å². The fraction of sp³-hybridized carbons (Fsp3) is 0.250. The summed E-state index contributed by atoms with van der Waals surface area (Å²) < 4.78 is 5.26. The van der Waals surface area contributed by atoms with Gasteiger partial charge in [-0.2, -0.15) is 0 Å². The highest BCUT2D eigenvalue weighted by Gasteiger charge is 2.03. The fourth-order valence-corrected chi connectivity index (χ4v) is 2.60. The molecular weight excluding hydrogens is 326 g/mol. The predicted octanol–water partition coefficient (Wildman–Crippen LogP) is 3.46. The number of aromatic nitrogens is 3. The molecule has 0 unspecified atom stereocenters. The Balaban J connectivity index is 1.56. The van der Waals surface area contributed by atoms with Crippen LogP contribution in [0.3, 0.4) is 0 Å². The minimum Gasteiger partial charge on any atom is -0.497 e. The molecule has 2 aromatic heterocycles. The lowest BCUT2D eigenvalue weighted by atomic mass is 10.1. The van der Waals surface area contributed by atoms with Crippen LogP contribution in [0.25, 0.3) is 0 Å². The summed E-state index contributed by atoms with van der Waals surface area (Å²) in [4.78, 5) is 13.2. The number of anilines is 2. The second kappa shape index (κ2) is 8.80. The van der Waals surface area contributed by atoms with Crippen molar-refractivity contribution in [1.82, 2.24) is 15.0 Å². The molecule has 0 amide bonds. The van der Waals surface area contributed by atoms with Gasteiger partial charge in [-0.3, -0.25) is 4.98 Å². The molecule has 6 heteroatoms. The van der Waals surface area contributed by atoms with Crippen molar-refractivity contribution in [2.45, 2.75) is 19.9 Å². The van der Waals surface area contributed by atoms with Gasteiger partial charge in [0, 0.05) is 18.8 Å².